The largest absolute Gasteiger partial charge is 0.465 e. The second-order valence-corrected chi connectivity index (χ2v) is 7.79. The Morgan fingerprint density at radius 3 is 2.41 bits per heavy atom. The summed E-state index contributed by atoms with van der Waals surface area (Å²) in [6.07, 6.45) is 0. The number of benzene rings is 2. The van der Waals surface area contributed by atoms with Crippen molar-refractivity contribution in [1.29, 1.82) is 0 Å². The van der Waals surface area contributed by atoms with Gasteiger partial charge in [0.2, 0.25) is 0 Å². The van der Waals surface area contributed by atoms with Crippen LogP contribution in [0.5, 0.6) is 0 Å². The molecule has 0 bridgehead atoms. The van der Waals surface area contributed by atoms with Gasteiger partial charge in [0.1, 0.15) is 6.54 Å². The van der Waals surface area contributed by atoms with Gasteiger partial charge in [-0.05, 0) is 32.0 Å². The van der Waals surface area contributed by atoms with Gasteiger partial charge in [0.05, 0.1) is 27.1 Å². The minimum atomic E-state index is -4.22. The van der Waals surface area contributed by atoms with E-state index in [1.54, 1.807) is 26.0 Å². The van der Waals surface area contributed by atoms with Gasteiger partial charge in [-0.1, -0.05) is 29.3 Å². The molecule has 0 aliphatic heterocycles. The topological polar surface area (TPSA) is 107 Å². The first-order valence-electron chi connectivity index (χ1n) is 7.85. The second kappa shape index (κ2) is 8.36. The van der Waals surface area contributed by atoms with E-state index in [4.69, 9.17) is 16.3 Å². The van der Waals surface area contributed by atoms with Crippen LogP contribution in [0.2, 0.25) is 5.02 Å². The summed E-state index contributed by atoms with van der Waals surface area (Å²) in [5, 5.41) is 11.0. The zero-order valence-corrected chi connectivity index (χ0v) is 16.2. The van der Waals surface area contributed by atoms with Crippen LogP contribution in [0, 0.1) is 17.0 Å². The molecule has 0 aromatic heterocycles. The Balaban J connectivity index is 2.61. The number of sulfonamides is 1. The monoisotopic (exact) mass is 412 g/mol. The molecule has 144 valence electrons. The van der Waals surface area contributed by atoms with Crippen molar-refractivity contribution in [3.8, 4) is 0 Å². The summed E-state index contributed by atoms with van der Waals surface area (Å²) >= 11 is 6.09. The van der Waals surface area contributed by atoms with Gasteiger partial charge in [0.25, 0.3) is 15.7 Å². The summed E-state index contributed by atoms with van der Waals surface area (Å²) in [6.45, 7) is 2.76. The highest BCUT2D eigenvalue weighted by atomic mass is 35.5. The quantitative estimate of drug-likeness (QED) is 0.392. The summed E-state index contributed by atoms with van der Waals surface area (Å²) in [6, 6.07) is 9.33. The molecular formula is C17H17ClN2O6S. The summed E-state index contributed by atoms with van der Waals surface area (Å²) < 4.78 is 31.8. The maximum atomic E-state index is 13.1. The Hall–Kier alpha value is -2.65. The lowest BCUT2D eigenvalue weighted by molar-refractivity contribution is -0.384. The maximum Gasteiger partial charge on any atom is 0.326 e. The Labute approximate surface area is 161 Å². The molecule has 2 rings (SSSR count). The van der Waals surface area contributed by atoms with Crippen LogP contribution in [-0.2, 0) is 19.6 Å². The molecule has 10 heteroatoms. The van der Waals surface area contributed by atoms with E-state index in [0.29, 0.717) is 4.31 Å². The molecule has 0 aliphatic rings. The third-order valence-electron chi connectivity index (χ3n) is 3.60. The number of aryl methyl sites for hydroxylation is 1. The molecular weight excluding hydrogens is 396 g/mol. The van der Waals surface area contributed by atoms with Gasteiger partial charge in [-0.15, -0.1) is 0 Å². The van der Waals surface area contributed by atoms with Crippen molar-refractivity contribution in [2.24, 2.45) is 0 Å². The molecule has 0 atom stereocenters. The molecule has 2 aromatic carbocycles. The minimum absolute atomic E-state index is 0.0550. The number of esters is 1. The zero-order valence-electron chi connectivity index (χ0n) is 14.6. The van der Waals surface area contributed by atoms with E-state index in [-0.39, 0.29) is 27.9 Å². The number of nitro benzene ring substituents is 1. The Morgan fingerprint density at radius 2 is 1.85 bits per heavy atom. The van der Waals surface area contributed by atoms with Crippen molar-refractivity contribution < 1.29 is 22.9 Å². The van der Waals surface area contributed by atoms with E-state index in [0.717, 1.165) is 17.7 Å². The van der Waals surface area contributed by atoms with Gasteiger partial charge in [0, 0.05) is 12.1 Å². The van der Waals surface area contributed by atoms with Crippen LogP contribution in [0.15, 0.2) is 47.4 Å². The Kier molecular flexibility index (Phi) is 6.40. The predicted octanol–water partition coefficient (Wildman–Crippen LogP) is 3.32. The van der Waals surface area contributed by atoms with E-state index in [2.05, 4.69) is 0 Å². The number of hydrogen-bond acceptors (Lipinski definition) is 6. The number of hydrogen-bond donors (Lipinski definition) is 0. The maximum absolute atomic E-state index is 13.1. The van der Waals surface area contributed by atoms with Crippen LogP contribution >= 0.6 is 11.6 Å². The van der Waals surface area contributed by atoms with Gasteiger partial charge in [-0.25, -0.2) is 8.42 Å². The first-order valence-corrected chi connectivity index (χ1v) is 9.67. The molecule has 0 saturated carbocycles. The average Bonchev–Trinajstić information content (AvgIpc) is 2.60. The third-order valence-corrected chi connectivity index (χ3v) is 5.69. The number of nitrogens with zero attached hydrogens (tertiary/aromatic N) is 2. The number of carbonyl (C=O) groups excluding carboxylic acids is 1. The molecule has 0 unspecified atom stereocenters. The van der Waals surface area contributed by atoms with Crippen LogP contribution in [0.3, 0.4) is 0 Å². The molecule has 0 heterocycles. The van der Waals surface area contributed by atoms with Crippen LogP contribution in [0.1, 0.15) is 12.5 Å². The molecule has 0 N–H and O–H groups in total. The lowest BCUT2D eigenvalue weighted by Gasteiger charge is -2.24. The number of non-ortho nitro benzene ring substituents is 1. The Bertz CT molecular complexity index is 960. The Morgan fingerprint density at radius 1 is 1.22 bits per heavy atom. The van der Waals surface area contributed by atoms with E-state index >= 15 is 0 Å². The van der Waals surface area contributed by atoms with Gasteiger partial charge in [-0.3, -0.25) is 19.2 Å². The number of ether oxygens (including phenoxy) is 1. The predicted molar refractivity (Wildman–Crippen MR) is 100 cm³/mol. The molecule has 0 radical (unpaired) electrons. The van der Waals surface area contributed by atoms with Crippen LogP contribution < -0.4 is 4.31 Å². The lowest BCUT2D eigenvalue weighted by Crippen LogP contribution is -2.36. The number of carbonyl (C=O) groups is 1. The van der Waals surface area contributed by atoms with Crippen molar-refractivity contribution >= 4 is 39.0 Å². The summed E-state index contributed by atoms with van der Waals surface area (Å²) in [5.41, 5.74) is 0.307. The fourth-order valence-electron chi connectivity index (χ4n) is 2.27. The highest BCUT2D eigenvalue weighted by Gasteiger charge is 2.30. The van der Waals surface area contributed by atoms with Crippen LogP contribution in [0.4, 0.5) is 11.4 Å². The van der Waals surface area contributed by atoms with Crippen molar-refractivity contribution in [3.05, 3.63) is 63.2 Å². The highest BCUT2D eigenvalue weighted by Crippen LogP contribution is 2.33. The molecule has 0 saturated heterocycles. The van der Waals surface area contributed by atoms with Crippen molar-refractivity contribution in [2.75, 3.05) is 17.5 Å². The molecule has 0 spiro atoms. The number of anilines is 1. The van der Waals surface area contributed by atoms with Gasteiger partial charge >= 0.3 is 5.97 Å². The normalized spacial score (nSPS) is 11.1. The van der Waals surface area contributed by atoms with Crippen LogP contribution in [0.25, 0.3) is 0 Å². The lowest BCUT2D eigenvalue weighted by atomic mass is 10.2. The molecule has 0 aliphatic carbocycles. The second-order valence-electron chi connectivity index (χ2n) is 5.52. The van der Waals surface area contributed by atoms with Gasteiger partial charge < -0.3 is 4.74 Å². The SMILES string of the molecule is CCOC(=O)CN(c1cc([N+](=O)[O-])ccc1Cl)S(=O)(=O)c1ccc(C)cc1. The van der Waals surface area contributed by atoms with E-state index in [1.165, 1.54) is 18.2 Å². The first-order chi connectivity index (χ1) is 12.7. The summed E-state index contributed by atoms with van der Waals surface area (Å²) in [5.74, 6) is -0.809. The molecule has 0 fully saturated rings. The standard InChI is InChI=1S/C17H17ClN2O6S/c1-3-26-17(21)11-19(16-10-13(20(22)23)6-9-15(16)18)27(24,25)14-7-4-12(2)5-8-14/h4-10H,3,11H2,1-2H3. The first kappa shape index (κ1) is 20.7. The van der Waals surface area contributed by atoms with E-state index < -0.39 is 27.5 Å². The molecule has 8 nitrogen and oxygen atoms in total. The van der Waals surface area contributed by atoms with Gasteiger partial charge in [0.15, 0.2) is 0 Å². The van der Waals surface area contributed by atoms with Crippen molar-refractivity contribution in [2.45, 2.75) is 18.7 Å². The summed E-state index contributed by atoms with van der Waals surface area (Å²) in [7, 11) is -4.22. The van der Waals surface area contributed by atoms with Crippen molar-refractivity contribution in [3.63, 3.8) is 0 Å². The van der Waals surface area contributed by atoms with Gasteiger partial charge in [-0.2, -0.15) is 0 Å². The smallest absolute Gasteiger partial charge is 0.326 e. The highest BCUT2D eigenvalue weighted by molar-refractivity contribution is 7.92. The minimum Gasteiger partial charge on any atom is -0.465 e. The van der Waals surface area contributed by atoms with Crippen LogP contribution in [-0.4, -0.2) is 32.5 Å². The molecule has 27 heavy (non-hydrogen) atoms. The molecule has 2 aromatic rings. The van der Waals surface area contributed by atoms with E-state index in [9.17, 15) is 23.3 Å². The average molecular weight is 413 g/mol. The number of halogens is 1. The van der Waals surface area contributed by atoms with E-state index in [1.807, 2.05) is 0 Å². The fraction of sp³-hybridized carbons (Fsp3) is 0.235. The fourth-order valence-corrected chi connectivity index (χ4v) is 3.96. The zero-order chi connectivity index (χ0) is 20.2. The number of rotatable bonds is 7. The molecule has 0 amide bonds. The summed E-state index contributed by atoms with van der Waals surface area (Å²) in [4.78, 5) is 22.3. The number of nitro groups is 1. The van der Waals surface area contributed by atoms with Crippen molar-refractivity contribution in [1.82, 2.24) is 0 Å². The third kappa shape index (κ3) is 4.75.